The van der Waals surface area contributed by atoms with Gasteiger partial charge < -0.3 is 5.32 Å². The molecule has 2 heterocycles. The fraction of sp³-hybridized carbons (Fsp3) is 0.412. The summed E-state index contributed by atoms with van der Waals surface area (Å²) in [5, 5.41) is 6.81. The van der Waals surface area contributed by atoms with Crippen LogP contribution in [-0.2, 0) is 14.8 Å². The third kappa shape index (κ3) is 3.91. The Labute approximate surface area is 147 Å². The largest absolute Gasteiger partial charge is 0.324 e. The fourth-order valence-corrected chi connectivity index (χ4v) is 4.43. The van der Waals surface area contributed by atoms with Crippen molar-refractivity contribution in [2.24, 2.45) is 0 Å². The van der Waals surface area contributed by atoms with Crippen LogP contribution in [0.4, 0.5) is 5.69 Å². The number of hydrogen-bond donors (Lipinski definition) is 1. The van der Waals surface area contributed by atoms with Crippen LogP contribution >= 0.6 is 0 Å². The Bertz CT molecular complexity index is 827. The number of rotatable bonds is 5. The van der Waals surface area contributed by atoms with E-state index in [2.05, 4.69) is 10.4 Å². The molecule has 3 rings (SSSR count). The first-order valence-corrected chi connectivity index (χ1v) is 9.83. The molecule has 1 aromatic heterocycles. The van der Waals surface area contributed by atoms with Crippen LogP contribution in [0.3, 0.4) is 0 Å². The predicted molar refractivity (Wildman–Crippen MR) is 94.6 cm³/mol. The summed E-state index contributed by atoms with van der Waals surface area (Å²) in [7, 11) is -3.52. The van der Waals surface area contributed by atoms with Gasteiger partial charge in [0.2, 0.25) is 15.9 Å². The zero-order chi connectivity index (χ0) is 17.9. The lowest BCUT2D eigenvalue weighted by Crippen LogP contribution is -2.35. The SMILES string of the molecule is CC(C(=O)Nc1cccc(S(=O)(=O)N2CCCCC2)c1)n1cccn1. The van der Waals surface area contributed by atoms with E-state index in [9.17, 15) is 13.2 Å². The van der Waals surface area contributed by atoms with Crippen LogP contribution in [-0.4, -0.2) is 41.5 Å². The fourth-order valence-electron chi connectivity index (χ4n) is 2.87. The number of hydrogen-bond acceptors (Lipinski definition) is 4. The highest BCUT2D eigenvalue weighted by molar-refractivity contribution is 7.89. The molecule has 1 aliphatic heterocycles. The van der Waals surface area contributed by atoms with Crippen LogP contribution in [0.5, 0.6) is 0 Å². The van der Waals surface area contributed by atoms with E-state index in [1.54, 1.807) is 48.3 Å². The lowest BCUT2D eigenvalue weighted by atomic mass is 10.2. The van der Waals surface area contributed by atoms with Crippen molar-refractivity contribution in [1.82, 2.24) is 14.1 Å². The number of piperidine rings is 1. The first-order chi connectivity index (χ1) is 12.0. The van der Waals surface area contributed by atoms with E-state index in [-0.39, 0.29) is 10.8 Å². The maximum Gasteiger partial charge on any atom is 0.248 e. The summed E-state index contributed by atoms with van der Waals surface area (Å²) in [6.45, 7) is 2.83. The summed E-state index contributed by atoms with van der Waals surface area (Å²) >= 11 is 0. The van der Waals surface area contributed by atoms with Crippen molar-refractivity contribution < 1.29 is 13.2 Å². The topological polar surface area (TPSA) is 84.3 Å². The summed E-state index contributed by atoms with van der Waals surface area (Å²) in [4.78, 5) is 12.5. The van der Waals surface area contributed by atoms with Gasteiger partial charge in [-0.25, -0.2) is 8.42 Å². The molecule has 1 aromatic carbocycles. The average molecular weight is 362 g/mol. The number of benzene rings is 1. The molecule has 1 aliphatic rings. The highest BCUT2D eigenvalue weighted by Crippen LogP contribution is 2.23. The summed E-state index contributed by atoms with van der Waals surface area (Å²) in [6, 6.07) is 7.66. The van der Waals surface area contributed by atoms with E-state index in [0.29, 0.717) is 18.8 Å². The van der Waals surface area contributed by atoms with Crippen molar-refractivity contribution in [2.45, 2.75) is 37.1 Å². The van der Waals surface area contributed by atoms with E-state index in [0.717, 1.165) is 19.3 Å². The molecular weight excluding hydrogens is 340 g/mol. The van der Waals surface area contributed by atoms with Gasteiger partial charge in [0.15, 0.2) is 0 Å². The Hall–Kier alpha value is -2.19. The molecule has 0 spiro atoms. The van der Waals surface area contributed by atoms with Crippen LogP contribution in [0, 0.1) is 0 Å². The Morgan fingerprint density at radius 1 is 1.20 bits per heavy atom. The van der Waals surface area contributed by atoms with E-state index in [4.69, 9.17) is 0 Å². The molecule has 134 valence electrons. The van der Waals surface area contributed by atoms with Gasteiger partial charge in [-0.15, -0.1) is 0 Å². The second-order valence-corrected chi connectivity index (χ2v) is 8.08. The van der Waals surface area contributed by atoms with Gasteiger partial charge in [0, 0.05) is 31.2 Å². The lowest BCUT2D eigenvalue weighted by Gasteiger charge is -2.26. The van der Waals surface area contributed by atoms with Gasteiger partial charge in [-0.2, -0.15) is 9.40 Å². The molecule has 0 bridgehead atoms. The Morgan fingerprint density at radius 2 is 1.96 bits per heavy atom. The van der Waals surface area contributed by atoms with Crippen molar-refractivity contribution in [1.29, 1.82) is 0 Å². The van der Waals surface area contributed by atoms with Crippen LogP contribution < -0.4 is 5.32 Å². The minimum atomic E-state index is -3.52. The first kappa shape index (κ1) is 17.6. The minimum Gasteiger partial charge on any atom is -0.324 e. The van der Waals surface area contributed by atoms with Gasteiger partial charge in [-0.1, -0.05) is 12.5 Å². The van der Waals surface area contributed by atoms with Gasteiger partial charge in [-0.05, 0) is 44.0 Å². The molecule has 25 heavy (non-hydrogen) atoms. The smallest absolute Gasteiger partial charge is 0.248 e. The van der Waals surface area contributed by atoms with Crippen LogP contribution in [0.2, 0.25) is 0 Å². The maximum atomic E-state index is 12.7. The number of carbonyl (C=O) groups is 1. The monoisotopic (exact) mass is 362 g/mol. The molecule has 8 heteroatoms. The normalized spacial score (nSPS) is 17.2. The number of aromatic nitrogens is 2. The van der Waals surface area contributed by atoms with E-state index < -0.39 is 16.1 Å². The van der Waals surface area contributed by atoms with Crippen molar-refractivity contribution in [3.05, 3.63) is 42.7 Å². The highest BCUT2D eigenvalue weighted by Gasteiger charge is 2.26. The van der Waals surface area contributed by atoms with Gasteiger partial charge in [0.05, 0.1) is 4.90 Å². The molecule has 7 nitrogen and oxygen atoms in total. The Kier molecular flexibility index (Phi) is 5.19. The highest BCUT2D eigenvalue weighted by atomic mass is 32.2. The second kappa shape index (κ2) is 7.37. The van der Waals surface area contributed by atoms with Crippen molar-refractivity contribution >= 4 is 21.6 Å². The molecule has 1 unspecified atom stereocenters. The summed E-state index contributed by atoms with van der Waals surface area (Å²) in [6.07, 6.45) is 6.15. The maximum absolute atomic E-state index is 12.7. The number of sulfonamides is 1. The predicted octanol–water partition coefficient (Wildman–Crippen LogP) is 2.26. The molecule has 0 aliphatic carbocycles. The molecule has 1 atom stereocenters. The molecule has 1 saturated heterocycles. The van der Waals surface area contributed by atoms with E-state index >= 15 is 0 Å². The standard InChI is InChI=1S/C17H22N4O3S/c1-14(21-12-6-9-18-21)17(22)19-15-7-5-8-16(13-15)25(23,24)20-10-3-2-4-11-20/h5-9,12-14H,2-4,10-11H2,1H3,(H,19,22). The minimum absolute atomic E-state index is 0.207. The number of anilines is 1. The van der Waals surface area contributed by atoms with Crippen molar-refractivity contribution in [3.8, 4) is 0 Å². The van der Waals surface area contributed by atoms with E-state index in [1.165, 1.54) is 10.4 Å². The number of amides is 1. The van der Waals surface area contributed by atoms with E-state index in [1.807, 2.05) is 0 Å². The van der Waals surface area contributed by atoms with Gasteiger partial charge in [0.25, 0.3) is 0 Å². The zero-order valence-electron chi connectivity index (χ0n) is 14.1. The molecule has 0 radical (unpaired) electrons. The number of carbonyl (C=O) groups excluding carboxylic acids is 1. The summed E-state index contributed by atoms with van der Waals surface area (Å²) < 4.78 is 28.6. The number of nitrogens with zero attached hydrogens (tertiary/aromatic N) is 3. The average Bonchev–Trinajstić information content (AvgIpc) is 3.16. The zero-order valence-corrected chi connectivity index (χ0v) is 14.9. The Balaban J connectivity index is 1.76. The molecule has 1 amide bonds. The quantitative estimate of drug-likeness (QED) is 0.884. The molecule has 2 aromatic rings. The van der Waals surface area contributed by atoms with Gasteiger partial charge in [0.1, 0.15) is 6.04 Å². The van der Waals surface area contributed by atoms with Crippen molar-refractivity contribution in [2.75, 3.05) is 18.4 Å². The van der Waals surface area contributed by atoms with Crippen LogP contribution in [0.1, 0.15) is 32.2 Å². The third-order valence-corrected chi connectivity index (χ3v) is 6.25. The van der Waals surface area contributed by atoms with Gasteiger partial charge >= 0.3 is 0 Å². The third-order valence-electron chi connectivity index (χ3n) is 4.36. The molecular formula is C17H22N4O3S. The molecule has 1 N–H and O–H groups in total. The molecule has 1 fully saturated rings. The second-order valence-electron chi connectivity index (χ2n) is 6.14. The van der Waals surface area contributed by atoms with Gasteiger partial charge in [-0.3, -0.25) is 9.48 Å². The van der Waals surface area contributed by atoms with Crippen LogP contribution in [0.15, 0.2) is 47.6 Å². The first-order valence-electron chi connectivity index (χ1n) is 8.39. The van der Waals surface area contributed by atoms with Crippen molar-refractivity contribution in [3.63, 3.8) is 0 Å². The lowest BCUT2D eigenvalue weighted by molar-refractivity contribution is -0.119. The summed E-state index contributed by atoms with van der Waals surface area (Å²) in [5.41, 5.74) is 0.460. The van der Waals surface area contributed by atoms with Crippen LogP contribution in [0.25, 0.3) is 0 Å². The summed E-state index contributed by atoms with van der Waals surface area (Å²) in [5.74, 6) is -0.253. The Morgan fingerprint density at radius 3 is 2.64 bits per heavy atom. The molecule has 0 saturated carbocycles. The number of nitrogens with one attached hydrogen (secondary N) is 1.